The Kier molecular flexibility index (Phi) is 4.06. The second-order valence-electron chi connectivity index (χ2n) is 6.26. The third-order valence-electron chi connectivity index (χ3n) is 4.64. The number of likely N-dealkylation sites (N-methyl/N-ethyl adjacent to an activating group) is 1. The number of carbonyl (C=O) groups excluding carboxylic acids is 1. The summed E-state index contributed by atoms with van der Waals surface area (Å²) in [5.41, 5.74) is 3.36. The number of hydrogen-bond acceptors (Lipinski definition) is 4. The number of benzene rings is 2. The van der Waals surface area contributed by atoms with Crippen LogP contribution in [0, 0.1) is 0 Å². The number of para-hydroxylation sites is 2. The normalized spacial score (nSPS) is 13.5. The summed E-state index contributed by atoms with van der Waals surface area (Å²) in [7, 11) is 2.00. The van der Waals surface area contributed by atoms with Gasteiger partial charge in [-0.3, -0.25) is 4.57 Å². The van der Waals surface area contributed by atoms with E-state index in [-0.39, 0.29) is 12.4 Å². The molecule has 4 rings (SSSR count). The highest BCUT2D eigenvalue weighted by molar-refractivity contribution is 5.90. The first kappa shape index (κ1) is 16.5. The first-order chi connectivity index (χ1) is 12.5. The van der Waals surface area contributed by atoms with Crippen molar-refractivity contribution in [2.45, 2.75) is 19.6 Å². The Bertz CT molecular complexity index is 984. The van der Waals surface area contributed by atoms with Crippen molar-refractivity contribution in [1.82, 2.24) is 9.55 Å². The molecule has 0 amide bonds. The minimum atomic E-state index is -2.76. The molecule has 0 atom stereocenters. The van der Waals surface area contributed by atoms with Crippen LogP contribution in [0.2, 0.25) is 0 Å². The molecular formula is C19H17F2N3O2. The van der Waals surface area contributed by atoms with Crippen molar-refractivity contribution in [2.75, 3.05) is 18.5 Å². The highest BCUT2D eigenvalue weighted by Gasteiger charge is 2.21. The molecule has 0 bridgehead atoms. The van der Waals surface area contributed by atoms with E-state index in [4.69, 9.17) is 4.74 Å². The van der Waals surface area contributed by atoms with Crippen LogP contribution < -0.4 is 4.90 Å². The zero-order valence-electron chi connectivity index (χ0n) is 14.2. The number of halogens is 2. The van der Waals surface area contributed by atoms with Crippen LogP contribution in [0.3, 0.4) is 0 Å². The summed E-state index contributed by atoms with van der Waals surface area (Å²) in [5.74, 6) is -0.523. The smallest absolute Gasteiger partial charge is 0.338 e. The lowest BCUT2D eigenvalue weighted by Crippen LogP contribution is -2.12. The van der Waals surface area contributed by atoms with Gasteiger partial charge in [0, 0.05) is 19.3 Å². The number of imidazole rings is 1. The molecule has 3 aromatic rings. The first-order valence-electron chi connectivity index (χ1n) is 8.30. The lowest BCUT2D eigenvalue weighted by Gasteiger charge is -2.12. The van der Waals surface area contributed by atoms with E-state index in [2.05, 4.69) is 9.88 Å². The highest BCUT2D eigenvalue weighted by atomic mass is 19.3. The van der Waals surface area contributed by atoms with Crippen molar-refractivity contribution in [2.24, 2.45) is 0 Å². The van der Waals surface area contributed by atoms with Gasteiger partial charge in [0.2, 0.25) is 0 Å². The number of hydrogen-bond donors (Lipinski definition) is 0. The van der Waals surface area contributed by atoms with E-state index < -0.39 is 12.5 Å². The van der Waals surface area contributed by atoms with Crippen LogP contribution in [0.25, 0.3) is 11.0 Å². The van der Waals surface area contributed by atoms with Crippen molar-refractivity contribution in [3.05, 3.63) is 59.4 Å². The number of carbonyl (C=O) groups is 1. The van der Waals surface area contributed by atoms with Crippen LogP contribution in [-0.4, -0.2) is 29.1 Å². The fourth-order valence-corrected chi connectivity index (χ4v) is 3.32. The number of alkyl halides is 2. The topological polar surface area (TPSA) is 47.4 Å². The van der Waals surface area contributed by atoms with Crippen LogP contribution in [0.15, 0.2) is 42.5 Å². The third kappa shape index (κ3) is 2.79. The van der Waals surface area contributed by atoms with Gasteiger partial charge in [-0.1, -0.05) is 12.1 Å². The second kappa shape index (κ2) is 6.40. The van der Waals surface area contributed by atoms with Gasteiger partial charge >= 0.3 is 12.5 Å². The summed E-state index contributed by atoms with van der Waals surface area (Å²) in [6.07, 6.45) is 0.869. The molecule has 2 aromatic carbocycles. The van der Waals surface area contributed by atoms with Crippen molar-refractivity contribution in [3.8, 4) is 0 Å². The SMILES string of the molecule is CN1CCc2cc(C(=O)OCc3nc4ccccc4n3C(F)F)ccc21. The van der Waals surface area contributed by atoms with Crippen LogP contribution >= 0.6 is 0 Å². The first-order valence-corrected chi connectivity index (χ1v) is 8.30. The Labute approximate surface area is 148 Å². The average molecular weight is 357 g/mol. The lowest BCUT2D eigenvalue weighted by molar-refractivity contribution is 0.0387. The number of fused-ring (bicyclic) bond motifs is 2. The van der Waals surface area contributed by atoms with E-state index >= 15 is 0 Å². The van der Waals surface area contributed by atoms with Crippen LogP contribution in [-0.2, 0) is 17.8 Å². The Morgan fingerprint density at radius 2 is 2.08 bits per heavy atom. The number of ether oxygens (including phenoxy) is 1. The zero-order chi connectivity index (χ0) is 18.3. The van der Waals surface area contributed by atoms with Crippen molar-refractivity contribution < 1.29 is 18.3 Å². The summed E-state index contributed by atoms with van der Waals surface area (Å²) in [5, 5.41) is 0. The molecule has 2 heterocycles. The Morgan fingerprint density at radius 3 is 2.88 bits per heavy atom. The molecule has 0 saturated carbocycles. The number of aromatic nitrogens is 2. The summed E-state index contributed by atoms with van der Waals surface area (Å²) < 4.78 is 32.8. The minimum absolute atomic E-state index is 0.0236. The number of esters is 1. The Morgan fingerprint density at radius 1 is 1.27 bits per heavy atom. The maximum Gasteiger partial charge on any atom is 0.338 e. The summed E-state index contributed by atoms with van der Waals surface area (Å²) in [6.45, 7) is -2.16. The van der Waals surface area contributed by atoms with E-state index in [1.165, 1.54) is 0 Å². The molecule has 0 N–H and O–H groups in total. The fourth-order valence-electron chi connectivity index (χ4n) is 3.32. The molecule has 0 aliphatic carbocycles. The predicted octanol–water partition coefficient (Wildman–Crippen LogP) is 3.78. The van der Waals surface area contributed by atoms with Gasteiger partial charge in [-0.2, -0.15) is 8.78 Å². The predicted molar refractivity (Wildman–Crippen MR) is 93.5 cm³/mol. The molecule has 26 heavy (non-hydrogen) atoms. The van der Waals surface area contributed by atoms with Gasteiger partial charge < -0.3 is 9.64 Å². The van der Waals surface area contributed by atoms with E-state index in [1.807, 2.05) is 13.1 Å². The van der Waals surface area contributed by atoms with E-state index in [1.54, 1.807) is 36.4 Å². The van der Waals surface area contributed by atoms with Gasteiger partial charge in [0.15, 0.2) is 5.82 Å². The fraction of sp³-hybridized carbons (Fsp3) is 0.263. The van der Waals surface area contributed by atoms with Gasteiger partial charge in [0.1, 0.15) is 6.61 Å². The molecule has 0 saturated heterocycles. The Hall–Kier alpha value is -2.96. The van der Waals surface area contributed by atoms with Crippen molar-refractivity contribution in [1.29, 1.82) is 0 Å². The van der Waals surface area contributed by atoms with Crippen molar-refractivity contribution in [3.63, 3.8) is 0 Å². The molecule has 0 radical (unpaired) electrons. The molecule has 1 aliphatic rings. The number of rotatable bonds is 4. The van der Waals surface area contributed by atoms with Gasteiger partial charge in [0.25, 0.3) is 0 Å². The number of anilines is 1. The maximum atomic E-state index is 13.4. The standard InChI is InChI=1S/C19H17F2N3O2/c1-23-9-8-12-10-13(6-7-15(12)23)18(25)26-11-17-22-14-4-2-3-5-16(14)24(17)19(20)21/h2-7,10,19H,8-9,11H2,1H3. The molecule has 0 fully saturated rings. The Balaban J connectivity index is 1.55. The quantitative estimate of drug-likeness (QED) is 0.667. The van der Waals surface area contributed by atoms with Gasteiger partial charge in [0.05, 0.1) is 16.6 Å². The maximum absolute atomic E-state index is 13.4. The third-order valence-corrected chi connectivity index (χ3v) is 4.64. The molecular weight excluding hydrogens is 340 g/mol. The van der Waals surface area contributed by atoms with Crippen LogP contribution in [0.5, 0.6) is 0 Å². The van der Waals surface area contributed by atoms with Crippen LogP contribution in [0.4, 0.5) is 14.5 Å². The minimum Gasteiger partial charge on any atom is -0.454 e. The largest absolute Gasteiger partial charge is 0.454 e. The average Bonchev–Trinajstić information content (AvgIpc) is 3.19. The lowest BCUT2D eigenvalue weighted by atomic mass is 10.1. The van der Waals surface area contributed by atoms with Crippen molar-refractivity contribution >= 4 is 22.7 Å². The monoisotopic (exact) mass is 357 g/mol. The molecule has 1 aromatic heterocycles. The highest BCUT2D eigenvalue weighted by Crippen LogP contribution is 2.28. The van der Waals surface area contributed by atoms with E-state index in [0.29, 0.717) is 16.6 Å². The molecule has 1 aliphatic heterocycles. The van der Waals surface area contributed by atoms with Crippen LogP contribution in [0.1, 0.15) is 28.3 Å². The van der Waals surface area contributed by atoms with Gasteiger partial charge in [-0.25, -0.2) is 9.78 Å². The molecule has 134 valence electrons. The summed E-state index contributed by atoms with van der Waals surface area (Å²) in [4.78, 5) is 18.6. The second-order valence-corrected chi connectivity index (χ2v) is 6.26. The summed E-state index contributed by atoms with van der Waals surface area (Å²) >= 11 is 0. The molecule has 0 spiro atoms. The molecule has 0 unspecified atom stereocenters. The van der Waals surface area contributed by atoms with Gasteiger partial charge in [-0.15, -0.1) is 0 Å². The van der Waals surface area contributed by atoms with E-state index in [9.17, 15) is 13.6 Å². The van der Waals surface area contributed by atoms with E-state index in [0.717, 1.165) is 28.8 Å². The van der Waals surface area contributed by atoms with Gasteiger partial charge in [-0.05, 0) is 42.3 Å². The summed E-state index contributed by atoms with van der Waals surface area (Å²) in [6, 6.07) is 12.0. The zero-order valence-corrected chi connectivity index (χ0v) is 14.2. The molecule has 5 nitrogen and oxygen atoms in total. The molecule has 7 heteroatoms. The number of nitrogens with zero attached hydrogens (tertiary/aromatic N) is 3.